The van der Waals surface area contributed by atoms with Gasteiger partial charge in [0.1, 0.15) is 5.75 Å². The van der Waals surface area contributed by atoms with Gasteiger partial charge in [0.25, 0.3) is 5.91 Å². The average Bonchev–Trinajstić information content (AvgIpc) is 2.45. The Morgan fingerprint density at radius 1 is 1.14 bits per heavy atom. The van der Waals surface area contributed by atoms with Gasteiger partial charge >= 0.3 is 0 Å². The fourth-order valence-electron chi connectivity index (χ4n) is 1.69. The highest BCUT2D eigenvalue weighted by Crippen LogP contribution is 2.28. The van der Waals surface area contributed by atoms with Crippen LogP contribution >= 0.6 is 23.2 Å². The van der Waals surface area contributed by atoms with Crippen LogP contribution in [0.5, 0.6) is 5.75 Å². The zero-order valence-electron chi connectivity index (χ0n) is 11.7. The molecule has 2 aromatic carbocycles. The molecular formula is C16H15Cl2NO2. The Hall–Kier alpha value is -1.71. The first kappa shape index (κ1) is 15.7. The lowest BCUT2D eigenvalue weighted by atomic mass is 10.2. The molecule has 5 heteroatoms. The topological polar surface area (TPSA) is 38.3 Å². The maximum Gasteiger partial charge on any atom is 0.265 e. The summed E-state index contributed by atoms with van der Waals surface area (Å²) in [6.45, 7) is 3.64. The molecule has 1 amide bonds. The van der Waals surface area contributed by atoms with Gasteiger partial charge < -0.3 is 10.1 Å². The summed E-state index contributed by atoms with van der Waals surface area (Å²) in [5.74, 6) is 0.130. The lowest BCUT2D eigenvalue weighted by Gasteiger charge is -2.16. The molecular weight excluding hydrogens is 309 g/mol. The van der Waals surface area contributed by atoms with E-state index in [0.29, 0.717) is 15.8 Å². The van der Waals surface area contributed by atoms with Gasteiger partial charge in [-0.3, -0.25) is 4.79 Å². The van der Waals surface area contributed by atoms with Gasteiger partial charge in [-0.05, 0) is 38.1 Å². The van der Waals surface area contributed by atoms with Gasteiger partial charge in [-0.2, -0.15) is 0 Å². The van der Waals surface area contributed by atoms with Crippen LogP contribution in [0.15, 0.2) is 42.5 Å². The van der Waals surface area contributed by atoms with E-state index in [-0.39, 0.29) is 5.91 Å². The minimum Gasteiger partial charge on any atom is -0.479 e. The number of ether oxygens (including phenoxy) is 1. The number of benzene rings is 2. The number of rotatable bonds is 4. The second-order valence-electron chi connectivity index (χ2n) is 4.69. The van der Waals surface area contributed by atoms with Crippen LogP contribution in [0.2, 0.25) is 10.0 Å². The van der Waals surface area contributed by atoms with E-state index in [2.05, 4.69) is 5.32 Å². The summed E-state index contributed by atoms with van der Waals surface area (Å²) in [7, 11) is 0. The quantitative estimate of drug-likeness (QED) is 0.885. The zero-order chi connectivity index (χ0) is 15.4. The molecule has 0 unspecified atom stereocenters. The lowest BCUT2D eigenvalue weighted by molar-refractivity contribution is -0.122. The largest absolute Gasteiger partial charge is 0.479 e. The molecule has 1 N–H and O–H groups in total. The van der Waals surface area contributed by atoms with Gasteiger partial charge in [0.2, 0.25) is 0 Å². The number of anilines is 1. The summed E-state index contributed by atoms with van der Waals surface area (Å²) in [5.41, 5.74) is 1.85. The van der Waals surface area contributed by atoms with Crippen molar-refractivity contribution in [3.63, 3.8) is 0 Å². The molecule has 0 spiro atoms. The Labute approximate surface area is 133 Å². The van der Waals surface area contributed by atoms with E-state index >= 15 is 0 Å². The van der Waals surface area contributed by atoms with E-state index in [1.54, 1.807) is 25.1 Å². The third kappa shape index (κ3) is 4.38. The third-order valence-electron chi connectivity index (χ3n) is 2.89. The van der Waals surface area contributed by atoms with E-state index in [0.717, 1.165) is 11.3 Å². The van der Waals surface area contributed by atoms with Crippen molar-refractivity contribution in [3.8, 4) is 5.75 Å². The van der Waals surface area contributed by atoms with E-state index in [1.807, 2.05) is 31.2 Å². The molecule has 0 bridgehead atoms. The molecule has 0 aliphatic heterocycles. The lowest BCUT2D eigenvalue weighted by Crippen LogP contribution is -2.30. The summed E-state index contributed by atoms with van der Waals surface area (Å²) in [4.78, 5) is 12.1. The van der Waals surface area contributed by atoms with E-state index in [1.165, 1.54) is 0 Å². The Morgan fingerprint density at radius 3 is 2.48 bits per heavy atom. The Morgan fingerprint density at radius 2 is 1.81 bits per heavy atom. The maximum atomic E-state index is 12.1. The maximum absolute atomic E-state index is 12.1. The van der Waals surface area contributed by atoms with Gasteiger partial charge in [-0.25, -0.2) is 0 Å². The van der Waals surface area contributed by atoms with E-state index < -0.39 is 6.10 Å². The van der Waals surface area contributed by atoms with Gasteiger partial charge in [0.15, 0.2) is 6.10 Å². The number of nitrogens with one attached hydrogen (secondary N) is 1. The van der Waals surface area contributed by atoms with Crippen LogP contribution in [0, 0.1) is 6.92 Å². The molecule has 0 aliphatic carbocycles. The second kappa shape index (κ2) is 6.83. The van der Waals surface area contributed by atoms with Crippen LogP contribution in [-0.2, 0) is 4.79 Å². The molecule has 1 atom stereocenters. The summed E-state index contributed by atoms with van der Waals surface area (Å²) < 4.78 is 5.56. The minimum atomic E-state index is -0.692. The summed E-state index contributed by atoms with van der Waals surface area (Å²) in [5, 5.41) is 3.70. The van der Waals surface area contributed by atoms with Crippen LogP contribution in [0.1, 0.15) is 12.5 Å². The van der Waals surface area contributed by atoms with Crippen molar-refractivity contribution >= 4 is 34.8 Å². The van der Waals surface area contributed by atoms with Crippen LogP contribution < -0.4 is 10.1 Å². The number of amides is 1. The zero-order valence-corrected chi connectivity index (χ0v) is 13.2. The number of halogens is 2. The van der Waals surface area contributed by atoms with E-state index in [9.17, 15) is 4.79 Å². The molecule has 0 saturated heterocycles. The first-order valence-electron chi connectivity index (χ1n) is 6.45. The Bertz CT molecular complexity index is 641. The van der Waals surface area contributed by atoms with Crippen LogP contribution in [0.25, 0.3) is 0 Å². The molecule has 0 radical (unpaired) electrons. The first-order chi connectivity index (χ1) is 9.95. The highest BCUT2D eigenvalue weighted by molar-refractivity contribution is 6.34. The summed E-state index contributed by atoms with van der Waals surface area (Å²) >= 11 is 11.9. The average molecular weight is 324 g/mol. The Balaban J connectivity index is 2.02. The molecule has 110 valence electrons. The summed E-state index contributed by atoms with van der Waals surface area (Å²) in [6, 6.07) is 12.4. The highest BCUT2D eigenvalue weighted by atomic mass is 35.5. The van der Waals surface area contributed by atoms with Crippen LogP contribution in [0.4, 0.5) is 5.69 Å². The van der Waals surface area contributed by atoms with Gasteiger partial charge in [-0.1, -0.05) is 40.9 Å². The van der Waals surface area contributed by atoms with Crippen molar-refractivity contribution in [2.75, 3.05) is 5.32 Å². The molecule has 0 aromatic heterocycles. The van der Waals surface area contributed by atoms with Gasteiger partial charge in [0.05, 0.1) is 5.02 Å². The number of hydrogen-bond donors (Lipinski definition) is 1. The van der Waals surface area contributed by atoms with Crippen LogP contribution in [0.3, 0.4) is 0 Å². The third-order valence-corrected chi connectivity index (χ3v) is 3.43. The van der Waals surface area contributed by atoms with Crippen molar-refractivity contribution in [1.82, 2.24) is 0 Å². The summed E-state index contributed by atoms with van der Waals surface area (Å²) in [6.07, 6.45) is -0.692. The Kier molecular flexibility index (Phi) is 5.10. The first-order valence-corrected chi connectivity index (χ1v) is 7.20. The fraction of sp³-hybridized carbons (Fsp3) is 0.188. The normalized spacial score (nSPS) is 11.8. The molecule has 0 fully saturated rings. The van der Waals surface area contributed by atoms with Gasteiger partial charge in [0, 0.05) is 16.8 Å². The molecule has 2 rings (SSSR count). The SMILES string of the molecule is Cc1ccc(NC(=O)[C@@H](C)Oc2cc(Cl)ccc2Cl)cc1. The highest BCUT2D eigenvalue weighted by Gasteiger charge is 2.16. The number of aryl methyl sites for hydroxylation is 1. The van der Waals surface area contributed by atoms with Gasteiger partial charge in [-0.15, -0.1) is 0 Å². The predicted molar refractivity (Wildman–Crippen MR) is 86.4 cm³/mol. The van der Waals surface area contributed by atoms with Crippen molar-refractivity contribution in [1.29, 1.82) is 0 Å². The molecule has 0 heterocycles. The minimum absolute atomic E-state index is 0.255. The van der Waals surface area contributed by atoms with Crippen LogP contribution in [-0.4, -0.2) is 12.0 Å². The second-order valence-corrected chi connectivity index (χ2v) is 5.53. The van der Waals surface area contributed by atoms with Crippen molar-refractivity contribution in [2.45, 2.75) is 20.0 Å². The van der Waals surface area contributed by atoms with Crippen molar-refractivity contribution in [3.05, 3.63) is 58.1 Å². The molecule has 0 aliphatic rings. The number of carbonyl (C=O) groups is 1. The molecule has 2 aromatic rings. The number of hydrogen-bond acceptors (Lipinski definition) is 2. The molecule has 0 saturated carbocycles. The molecule has 3 nitrogen and oxygen atoms in total. The van der Waals surface area contributed by atoms with Crippen molar-refractivity contribution < 1.29 is 9.53 Å². The fourth-order valence-corrected chi connectivity index (χ4v) is 2.02. The smallest absolute Gasteiger partial charge is 0.265 e. The monoisotopic (exact) mass is 323 g/mol. The number of carbonyl (C=O) groups excluding carboxylic acids is 1. The van der Waals surface area contributed by atoms with E-state index in [4.69, 9.17) is 27.9 Å². The standard InChI is InChI=1S/C16H15Cl2NO2/c1-10-3-6-13(7-4-10)19-16(20)11(2)21-15-9-12(17)5-8-14(15)18/h3-9,11H,1-2H3,(H,19,20)/t11-/m1/s1. The molecule has 21 heavy (non-hydrogen) atoms. The van der Waals surface area contributed by atoms with Crippen molar-refractivity contribution in [2.24, 2.45) is 0 Å². The predicted octanol–water partition coefficient (Wildman–Crippen LogP) is 4.71.